The Morgan fingerprint density at radius 1 is 1.47 bits per heavy atom. The molecule has 1 rings (SSSR count). The SMILES string of the molecule is CC(C)N(CCC(N)=S)S(=O)(=O)c1cccc(Cl)c1. The van der Waals surface area contributed by atoms with Crippen LogP contribution in [0.15, 0.2) is 29.2 Å². The Bertz CT molecular complexity index is 559. The van der Waals surface area contributed by atoms with Crippen LogP contribution in [0.1, 0.15) is 20.3 Å². The van der Waals surface area contributed by atoms with Crippen molar-refractivity contribution in [2.45, 2.75) is 31.2 Å². The second-order valence-corrected chi connectivity index (χ2v) is 7.23. The number of hydrogen-bond donors (Lipinski definition) is 1. The molecule has 0 heterocycles. The van der Waals surface area contributed by atoms with E-state index in [2.05, 4.69) is 0 Å². The number of halogens is 1. The summed E-state index contributed by atoms with van der Waals surface area (Å²) < 4.78 is 26.4. The highest BCUT2D eigenvalue weighted by atomic mass is 35.5. The summed E-state index contributed by atoms with van der Waals surface area (Å²) in [6, 6.07) is 6.03. The molecular weight excluding hydrogens is 304 g/mol. The number of benzene rings is 1. The van der Waals surface area contributed by atoms with Gasteiger partial charge in [0.15, 0.2) is 0 Å². The minimum Gasteiger partial charge on any atom is -0.393 e. The zero-order valence-corrected chi connectivity index (χ0v) is 13.2. The van der Waals surface area contributed by atoms with Crippen LogP contribution in [0.3, 0.4) is 0 Å². The molecule has 4 nitrogen and oxygen atoms in total. The van der Waals surface area contributed by atoms with E-state index in [0.717, 1.165) is 0 Å². The molecule has 0 saturated carbocycles. The summed E-state index contributed by atoms with van der Waals surface area (Å²) in [5.41, 5.74) is 5.44. The van der Waals surface area contributed by atoms with Gasteiger partial charge in [0.05, 0.1) is 9.88 Å². The lowest BCUT2D eigenvalue weighted by atomic mass is 10.3. The Morgan fingerprint density at radius 2 is 2.11 bits per heavy atom. The number of nitrogens with zero attached hydrogens (tertiary/aromatic N) is 1. The molecule has 0 aromatic heterocycles. The largest absolute Gasteiger partial charge is 0.393 e. The maximum atomic E-state index is 12.5. The van der Waals surface area contributed by atoms with Crippen molar-refractivity contribution in [2.75, 3.05) is 6.54 Å². The third-order valence-corrected chi connectivity index (χ3v) is 5.07. The van der Waals surface area contributed by atoms with Crippen LogP contribution in [0, 0.1) is 0 Å². The third-order valence-electron chi connectivity index (χ3n) is 2.56. The Hall–Kier alpha value is -0.690. The Labute approximate surface area is 124 Å². The van der Waals surface area contributed by atoms with Crippen LogP contribution in [0.5, 0.6) is 0 Å². The van der Waals surface area contributed by atoms with Crippen molar-refractivity contribution < 1.29 is 8.42 Å². The highest BCUT2D eigenvalue weighted by molar-refractivity contribution is 7.89. The van der Waals surface area contributed by atoms with E-state index in [9.17, 15) is 8.42 Å². The van der Waals surface area contributed by atoms with Gasteiger partial charge in [-0.15, -0.1) is 0 Å². The first-order valence-corrected chi connectivity index (χ1v) is 8.03. The summed E-state index contributed by atoms with van der Waals surface area (Å²) in [6.07, 6.45) is 0.354. The van der Waals surface area contributed by atoms with Gasteiger partial charge in [-0.05, 0) is 32.0 Å². The molecule has 0 spiro atoms. The summed E-state index contributed by atoms with van der Waals surface area (Å²) in [4.78, 5) is 0.476. The first kappa shape index (κ1) is 16.4. The van der Waals surface area contributed by atoms with E-state index in [1.165, 1.54) is 16.4 Å². The molecule has 0 radical (unpaired) electrons. The lowest BCUT2D eigenvalue weighted by Gasteiger charge is -2.25. The molecule has 0 aliphatic carbocycles. The first-order valence-electron chi connectivity index (χ1n) is 5.81. The number of thiocarbonyl (C=S) groups is 1. The normalized spacial score (nSPS) is 12.1. The highest BCUT2D eigenvalue weighted by Gasteiger charge is 2.26. The molecule has 0 saturated heterocycles. The van der Waals surface area contributed by atoms with Crippen molar-refractivity contribution in [1.82, 2.24) is 4.31 Å². The quantitative estimate of drug-likeness (QED) is 0.818. The van der Waals surface area contributed by atoms with Gasteiger partial charge in [-0.1, -0.05) is 29.9 Å². The van der Waals surface area contributed by atoms with Crippen LogP contribution < -0.4 is 5.73 Å². The molecule has 2 N–H and O–H groups in total. The summed E-state index contributed by atoms with van der Waals surface area (Å²) in [5, 5.41) is 0.388. The molecule has 1 aromatic carbocycles. The van der Waals surface area contributed by atoms with Crippen molar-refractivity contribution in [3.63, 3.8) is 0 Å². The third kappa shape index (κ3) is 4.42. The van der Waals surface area contributed by atoms with Gasteiger partial charge in [0.25, 0.3) is 0 Å². The van der Waals surface area contributed by atoms with Crippen LogP contribution in [0.25, 0.3) is 0 Å². The molecule has 0 aliphatic heterocycles. The Morgan fingerprint density at radius 3 is 2.58 bits per heavy atom. The molecule has 0 unspecified atom stereocenters. The smallest absolute Gasteiger partial charge is 0.243 e. The fourth-order valence-corrected chi connectivity index (χ4v) is 3.67. The monoisotopic (exact) mass is 320 g/mol. The highest BCUT2D eigenvalue weighted by Crippen LogP contribution is 2.21. The van der Waals surface area contributed by atoms with Crippen molar-refractivity contribution >= 4 is 38.8 Å². The average molecular weight is 321 g/mol. The lowest BCUT2D eigenvalue weighted by Crippen LogP contribution is -2.38. The standard InChI is InChI=1S/C12H17ClN2O2S2/c1-9(2)15(7-6-12(14)18)19(16,17)11-5-3-4-10(13)8-11/h3-5,8-9H,6-7H2,1-2H3,(H2,14,18). The molecule has 1 aromatic rings. The van der Waals surface area contributed by atoms with Gasteiger partial charge in [0.1, 0.15) is 0 Å². The van der Waals surface area contributed by atoms with Gasteiger partial charge in [0.2, 0.25) is 10.0 Å². The number of sulfonamides is 1. The summed E-state index contributed by atoms with van der Waals surface area (Å²) in [6.45, 7) is 3.88. The molecular formula is C12H17ClN2O2S2. The molecule has 0 atom stereocenters. The van der Waals surface area contributed by atoms with Crippen LogP contribution in [-0.2, 0) is 10.0 Å². The van der Waals surface area contributed by atoms with Crippen LogP contribution in [0.4, 0.5) is 0 Å². The summed E-state index contributed by atoms with van der Waals surface area (Å²) in [5.74, 6) is 0. The molecule has 0 amide bonds. The van der Waals surface area contributed by atoms with Crippen molar-refractivity contribution in [1.29, 1.82) is 0 Å². The Balaban J connectivity index is 3.09. The van der Waals surface area contributed by atoms with E-state index in [1.54, 1.807) is 12.1 Å². The molecule has 19 heavy (non-hydrogen) atoms. The van der Waals surface area contributed by atoms with E-state index in [4.69, 9.17) is 29.6 Å². The predicted octanol–water partition coefficient (Wildman–Crippen LogP) is 2.42. The average Bonchev–Trinajstić information content (AvgIpc) is 2.27. The van der Waals surface area contributed by atoms with Gasteiger partial charge < -0.3 is 5.73 Å². The topological polar surface area (TPSA) is 63.4 Å². The van der Waals surface area contributed by atoms with Gasteiger partial charge in [0, 0.05) is 24.0 Å². The van der Waals surface area contributed by atoms with Gasteiger partial charge >= 0.3 is 0 Å². The first-order chi connectivity index (χ1) is 8.75. The van der Waals surface area contributed by atoms with Crippen molar-refractivity contribution in [3.8, 4) is 0 Å². The van der Waals surface area contributed by atoms with Gasteiger partial charge in [-0.2, -0.15) is 4.31 Å². The molecule has 0 bridgehead atoms. The van der Waals surface area contributed by atoms with Crippen LogP contribution in [0.2, 0.25) is 5.02 Å². The van der Waals surface area contributed by atoms with Crippen LogP contribution in [-0.4, -0.2) is 30.3 Å². The minimum absolute atomic E-state index is 0.177. The van der Waals surface area contributed by atoms with Crippen molar-refractivity contribution in [3.05, 3.63) is 29.3 Å². The van der Waals surface area contributed by atoms with E-state index in [0.29, 0.717) is 16.4 Å². The van der Waals surface area contributed by atoms with E-state index >= 15 is 0 Å². The fraction of sp³-hybridized carbons (Fsp3) is 0.417. The second-order valence-electron chi connectivity index (χ2n) is 4.38. The molecule has 0 aliphatic rings. The minimum atomic E-state index is -3.58. The van der Waals surface area contributed by atoms with E-state index in [1.807, 2.05) is 13.8 Å². The maximum Gasteiger partial charge on any atom is 0.243 e. The molecule has 106 valence electrons. The zero-order valence-electron chi connectivity index (χ0n) is 10.8. The predicted molar refractivity (Wildman–Crippen MR) is 81.9 cm³/mol. The molecule has 7 heteroatoms. The fourth-order valence-electron chi connectivity index (χ4n) is 1.64. The van der Waals surface area contributed by atoms with Crippen molar-refractivity contribution in [2.24, 2.45) is 5.73 Å². The van der Waals surface area contributed by atoms with Gasteiger partial charge in [-0.3, -0.25) is 0 Å². The Kier molecular flexibility index (Phi) is 5.73. The number of nitrogens with two attached hydrogens (primary N) is 1. The molecule has 0 fully saturated rings. The van der Waals surface area contributed by atoms with Crippen LogP contribution >= 0.6 is 23.8 Å². The number of hydrogen-bond acceptors (Lipinski definition) is 3. The zero-order chi connectivity index (χ0) is 14.6. The summed E-state index contributed by atoms with van der Waals surface area (Å²) in [7, 11) is -3.58. The van der Waals surface area contributed by atoms with E-state index < -0.39 is 10.0 Å². The number of rotatable bonds is 6. The summed E-state index contributed by atoms with van der Waals surface area (Å²) >= 11 is 10.6. The van der Waals surface area contributed by atoms with E-state index in [-0.39, 0.29) is 17.5 Å². The maximum absolute atomic E-state index is 12.5. The van der Waals surface area contributed by atoms with Gasteiger partial charge in [-0.25, -0.2) is 8.42 Å². The lowest BCUT2D eigenvalue weighted by molar-refractivity contribution is 0.362. The second kappa shape index (κ2) is 6.65.